The van der Waals surface area contributed by atoms with E-state index in [1.165, 1.54) is 17.5 Å². The minimum Gasteiger partial charge on any atom is -0.360 e. The number of nitrogens with one attached hydrogen (secondary N) is 2. The smallest absolute Gasteiger partial charge is 0.181 e. The first kappa shape index (κ1) is 15.2. The molecule has 0 amide bonds. The molecule has 0 fully saturated rings. The Labute approximate surface area is 142 Å². The quantitative estimate of drug-likeness (QED) is 0.700. The first-order chi connectivity index (χ1) is 11.7. The van der Waals surface area contributed by atoms with E-state index in [9.17, 15) is 4.79 Å². The van der Waals surface area contributed by atoms with Crippen molar-refractivity contribution in [3.8, 4) is 0 Å². The third-order valence-corrected chi connectivity index (χ3v) is 5.07. The average molecular weight is 318 g/mol. The maximum atomic E-state index is 12.9. The molecule has 3 heteroatoms. The van der Waals surface area contributed by atoms with Crippen LogP contribution in [0.2, 0.25) is 0 Å². The molecule has 2 atom stereocenters. The fourth-order valence-electron chi connectivity index (χ4n) is 3.81. The summed E-state index contributed by atoms with van der Waals surface area (Å²) in [5, 5.41) is 4.56. The van der Waals surface area contributed by atoms with Gasteiger partial charge in [0.2, 0.25) is 0 Å². The number of ketones is 1. The lowest BCUT2D eigenvalue weighted by molar-refractivity contribution is 0.0944. The van der Waals surface area contributed by atoms with Crippen LogP contribution in [0.25, 0.3) is 10.9 Å². The van der Waals surface area contributed by atoms with Gasteiger partial charge in [-0.3, -0.25) is 4.79 Å². The van der Waals surface area contributed by atoms with Crippen LogP contribution >= 0.6 is 0 Å². The summed E-state index contributed by atoms with van der Waals surface area (Å²) >= 11 is 0. The van der Waals surface area contributed by atoms with Crippen molar-refractivity contribution in [1.82, 2.24) is 10.3 Å². The zero-order chi connectivity index (χ0) is 16.5. The Morgan fingerprint density at radius 3 is 2.88 bits per heavy atom. The zero-order valence-electron chi connectivity index (χ0n) is 13.9. The molecular weight excluding hydrogens is 296 g/mol. The van der Waals surface area contributed by atoms with E-state index in [4.69, 9.17) is 0 Å². The van der Waals surface area contributed by atoms with Gasteiger partial charge in [-0.15, -0.1) is 0 Å². The van der Waals surface area contributed by atoms with Crippen molar-refractivity contribution < 1.29 is 4.79 Å². The summed E-state index contributed by atoms with van der Waals surface area (Å²) in [4.78, 5) is 16.1. The molecule has 1 heterocycles. The number of carbonyl (C=O) groups excluding carboxylic acids is 1. The molecule has 3 nitrogen and oxygen atoms in total. The number of hydrogen-bond acceptors (Lipinski definition) is 2. The van der Waals surface area contributed by atoms with E-state index in [0.29, 0.717) is 0 Å². The second-order valence-corrected chi connectivity index (χ2v) is 6.64. The Morgan fingerprint density at radius 2 is 1.96 bits per heavy atom. The van der Waals surface area contributed by atoms with Crippen molar-refractivity contribution in [3.63, 3.8) is 0 Å². The summed E-state index contributed by atoms with van der Waals surface area (Å²) in [7, 11) is 0. The van der Waals surface area contributed by atoms with Gasteiger partial charge in [-0.1, -0.05) is 42.5 Å². The number of Topliss-reactive ketones (excluding diaryl/α,β-unsaturated/α-hetero) is 1. The topological polar surface area (TPSA) is 44.9 Å². The van der Waals surface area contributed by atoms with Crippen LogP contribution in [0, 0.1) is 0 Å². The second kappa shape index (κ2) is 6.25. The number of para-hydroxylation sites is 1. The van der Waals surface area contributed by atoms with Gasteiger partial charge in [0.1, 0.15) is 0 Å². The number of benzene rings is 2. The normalized spacial score (nSPS) is 18.3. The van der Waals surface area contributed by atoms with Gasteiger partial charge in [-0.05, 0) is 43.4 Å². The van der Waals surface area contributed by atoms with Crippen LogP contribution in [0.15, 0.2) is 54.7 Å². The van der Waals surface area contributed by atoms with Crippen molar-refractivity contribution in [2.75, 3.05) is 0 Å². The molecule has 24 heavy (non-hydrogen) atoms. The van der Waals surface area contributed by atoms with E-state index >= 15 is 0 Å². The average Bonchev–Trinajstić information content (AvgIpc) is 3.05. The predicted octanol–water partition coefficient (Wildman–Crippen LogP) is 4.41. The highest BCUT2D eigenvalue weighted by Crippen LogP contribution is 2.30. The van der Waals surface area contributed by atoms with Gasteiger partial charge in [0, 0.05) is 28.7 Å². The standard InChI is InChI=1S/C21H22N2O/c1-14(21(24)18-13-22-19-11-5-4-10-17(18)19)23-20-12-6-8-15-7-2-3-9-16(15)20/h2-5,7,9-11,13-14,20,22-23H,6,8,12H2,1H3/t14-,20+/m0/s1. The third-order valence-electron chi connectivity index (χ3n) is 5.07. The summed E-state index contributed by atoms with van der Waals surface area (Å²) in [6, 6.07) is 16.6. The lowest BCUT2D eigenvalue weighted by atomic mass is 9.87. The molecule has 2 aromatic carbocycles. The molecule has 2 N–H and O–H groups in total. The minimum atomic E-state index is -0.208. The molecule has 0 aliphatic heterocycles. The maximum absolute atomic E-state index is 12.9. The summed E-state index contributed by atoms with van der Waals surface area (Å²) in [5.74, 6) is 0.149. The number of rotatable bonds is 4. The summed E-state index contributed by atoms with van der Waals surface area (Å²) in [6.45, 7) is 1.97. The molecule has 0 bridgehead atoms. The molecule has 0 unspecified atom stereocenters. The second-order valence-electron chi connectivity index (χ2n) is 6.64. The molecule has 0 spiro atoms. The van der Waals surface area contributed by atoms with E-state index < -0.39 is 0 Å². The fourth-order valence-corrected chi connectivity index (χ4v) is 3.81. The molecule has 1 aliphatic rings. The number of aromatic amines is 1. The maximum Gasteiger partial charge on any atom is 0.181 e. The molecule has 0 radical (unpaired) electrons. The van der Waals surface area contributed by atoms with Crippen molar-refractivity contribution in [3.05, 3.63) is 71.4 Å². The Bertz CT molecular complexity index is 880. The fraction of sp³-hybridized carbons (Fsp3) is 0.286. The van der Waals surface area contributed by atoms with Crippen molar-refractivity contribution >= 4 is 16.7 Å². The summed E-state index contributed by atoms with van der Waals surface area (Å²) in [6.07, 6.45) is 5.23. The van der Waals surface area contributed by atoms with E-state index in [2.05, 4.69) is 34.6 Å². The highest BCUT2D eigenvalue weighted by Gasteiger charge is 2.25. The van der Waals surface area contributed by atoms with Gasteiger partial charge in [-0.25, -0.2) is 0 Å². The molecular formula is C21H22N2O. The molecule has 1 aliphatic carbocycles. The number of hydrogen-bond donors (Lipinski definition) is 2. The van der Waals surface area contributed by atoms with Gasteiger partial charge < -0.3 is 10.3 Å². The van der Waals surface area contributed by atoms with Crippen LogP contribution in [0.1, 0.15) is 47.3 Å². The van der Waals surface area contributed by atoms with E-state index in [1.54, 1.807) is 0 Å². The first-order valence-electron chi connectivity index (χ1n) is 8.68. The number of aryl methyl sites for hydroxylation is 1. The lowest BCUT2D eigenvalue weighted by Gasteiger charge is -2.28. The van der Waals surface area contributed by atoms with Crippen LogP contribution in [0.5, 0.6) is 0 Å². The highest BCUT2D eigenvalue weighted by molar-refractivity contribution is 6.10. The van der Waals surface area contributed by atoms with Crippen LogP contribution < -0.4 is 5.32 Å². The van der Waals surface area contributed by atoms with Crippen molar-refractivity contribution in [2.45, 2.75) is 38.3 Å². The largest absolute Gasteiger partial charge is 0.360 e. The monoisotopic (exact) mass is 318 g/mol. The third kappa shape index (κ3) is 2.65. The SMILES string of the molecule is C[C@H](N[C@@H]1CCCc2ccccc21)C(=O)c1c[nH]c2ccccc12. The van der Waals surface area contributed by atoms with Gasteiger partial charge in [-0.2, -0.15) is 0 Å². The Kier molecular flexibility index (Phi) is 3.95. The molecule has 1 aromatic heterocycles. The summed E-state index contributed by atoms with van der Waals surface area (Å²) < 4.78 is 0. The van der Waals surface area contributed by atoms with E-state index in [0.717, 1.165) is 29.3 Å². The zero-order valence-corrected chi connectivity index (χ0v) is 13.9. The molecule has 122 valence electrons. The Morgan fingerprint density at radius 1 is 1.17 bits per heavy atom. The Balaban J connectivity index is 1.57. The number of aromatic nitrogens is 1. The van der Waals surface area contributed by atoms with Crippen LogP contribution in [0.4, 0.5) is 0 Å². The van der Waals surface area contributed by atoms with E-state index in [1.807, 2.05) is 37.4 Å². The van der Waals surface area contributed by atoms with Gasteiger partial charge in [0.15, 0.2) is 5.78 Å². The van der Waals surface area contributed by atoms with Gasteiger partial charge in [0.05, 0.1) is 6.04 Å². The Hall–Kier alpha value is -2.39. The number of fused-ring (bicyclic) bond motifs is 2. The van der Waals surface area contributed by atoms with Crippen molar-refractivity contribution in [2.24, 2.45) is 0 Å². The lowest BCUT2D eigenvalue weighted by Crippen LogP contribution is -2.38. The van der Waals surface area contributed by atoms with Gasteiger partial charge in [0.25, 0.3) is 0 Å². The van der Waals surface area contributed by atoms with Crippen LogP contribution in [-0.4, -0.2) is 16.8 Å². The molecule has 0 saturated carbocycles. The van der Waals surface area contributed by atoms with Crippen LogP contribution in [-0.2, 0) is 6.42 Å². The van der Waals surface area contributed by atoms with Gasteiger partial charge >= 0.3 is 0 Å². The van der Waals surface area contributed by atoms with E-state index in [-0.39, 0.29) is 17.9 Å². The highest BCUT2D eigenvalue weighted by atomic mass is 16.1. The first-order valence-corrected chi connectivity index (χ1v) is 8.68. The predicted molar refractivity (Wildman–Crippen MR) is 97.3 cm³/mol. The number of carbonyl (C=O) groups is 1. The molecule has 4 rings (SSSR count). The number of H-pyrrole nitrogens is 1. The van der Waals surface area contributed by atoms with Crippen LogP contribution in [0.3, 0.4) is 0 Å². The summed E-state index contributed by atoms with van der Waals surface area (Å²) in [5.41, 5.74) is 4.54. The van der Waals surface area contributed by atoms with Crippen molar-refractivity contribution in [1.29, 1.82) is 0 Å². The molecule has 3 aromatic rings. The minimum absolute atomic E-state index is 0.149. The molecule has 0 saturated heterocycles.